The molecule has 1 saturated carbocycles. The SMILES string of the molecule is CC(NC(=O)C1COCCN1)c1ccc(NC(=O)NC2CC2)cc1. The molecule has 130 valence electrons. The Morgan fingerprint density at radius 3 is 2.62 bits per heavy atom. The first kappa shape index (κ1) is 16.7. The molecule has 0 bridgehead atoms. The number of urea groups is 1. The number of carbonyl (C=O) groups is 2. The number of hydrogen-bond donors (Lipinski definition) is 4. The fourth-order valence-electron chi connectivity index (χ4n) is 2.57. The Bertz CT molecular complexity index is 580. The molecule has 0 aromatic heterocycles. The van der Waals surface area contributed by atoms with Crippen LogP contribution < -0.4 is 21.3 Å². The number of nitrogens with one attached hydrogen (secondary N) is 4. The maximum absolute atomic E-state index is 12.2. The number of morpholine rings is 1. The van der Waals surface area contributed by atoms with Crippen LogP contribution in [0.1, 0.15) is 31.4 Å². The summed E-state index contributed by atoms with van der Waals surface area (Å²) in [6.45, 7) is 3.67. The zero-order chi connectivity index (χ0) is 16.9. The van der Waals surface area contributed by atoms with Gasteiger partial charge in [0, 0.05) is 18.3 Å². The van der Waals surface area contributed by atoms with Crippen LogP contribution in [0.4, 0.5) is 10.5 Å². The highest BCUT2D eigenvalue weighted by Crippen LogP contribution is 2.19. The van der Waals surface area contributed by atoms with Crippen LogP contribution in [-0.2, 0) is 9.53 Å². The molecule has 7 nitrogen and oxygen atoms in total. The number of anilines is 1. The van der Waals surface area contributed by atoms with Gasteiger partial charge < -0.3 is 26.0 Å². The van der Waals surface area contributed by atoms with Crippen molar-refractivity contribution < 1.29 is 14.3 Å². The van der Waals surface area contributed by atoms with Crippen LogP contribution in [0, 0.1) is 0 Å². The Labute approximate surface area is 141 Å². The highest BCUT2D eigenvalue weighted by atomic mass is 16.5. The molecular weight excluding hydrogens is 308 g/mol. The largest absolute Gasteiger partial charge is 0.378 e. The molecule has 24 heavy (non-hydrogen) atoms. The van der Waals surface area contributed by atoms with Gasteiger partial charge in [-0.15, -0.1) is 0 Å². The van der Waals surface area contributed by atoms with Gasteiger partial charge in [0.1, 0.15) is 6.04 Å². The summed E-state index contributed by atoms with van der Waals surface area (Å²) in [6.07, 6.45) is 2.12. The first-order valence-electron chi connectivity index (χ1n) is 8.41. The quantitative estimate of drug-likeness (QED) is 0.651. The fraction of sp³-hybridized carbons (Fsp3) is 0.529. The van der Waals surface area contributed by atoms with E-state index in [1.807, 2.05) is 31.2 Å². The van der Waals surface area contributed by atoms with Crippen molar-refractivity contribution in [1.82, 2.24) is 16.0 Å². The van der Waals surface area contributed by atoms with Crippen LogP contribution in [0.3, 0.4) is 0 Å². The predicted molar refractivity (Wildman–Crippen MR) is 90.8 cm³/mol. The molecule has 2 fully saturated rings. The van der Waals surface area contributed by atoms with Crippen molar-refractivity contribution >= 4 is 17.6 Å². The Balaban J connectivity index is 1.50. The summed E-state index contributed by atoms with van der Waals surface area (Å²) in [6, 6.07) is 7.24. The smallest absolute Gasteiger partial charge is 0.319 e. The monoisotopic (exact) mass is 332 g/mol. The molecule has 1 aromatic rings. The Kier molecular flexibility index (Phi) is 5.32. The Morgan fingerprint density at radius 1 is 1.25 bits per heavy atom. The van der Waals surface area contributed by atoms with E-state index < -0.39 is 0 Å². The predicted octanol–water partition coefficient (Wildman–Crippen LogP) is 1.14. The van der Waals surface area contributed by atoms with Crippen molar-refractivity contribution in [3.8, 4) is 0 Å². The van der Waals surface area contributed by atoms with Gasteiger partial charge in [-0.1, -0.05) is 12.1 Å². The van der Waals surface area contributed by atoms with Crippen LogP contribution in [0.2, 0.25) is 0 Å². The minimum Gasteiger partial charge on any atom is -0.378 e. The summed E-state index contributed by atoms with van der Waals surface area (Å²) in [5, 5.41) is 11.8. The second-order valence-electron chi connectivity index (χ2n) is 6.31. The van der Waals surface area contributed by atoms with Crippen LogP contribution in [0.5, 0.6) is 0 Å². The van der Waals surface area contributed by atoms with Crippen LogP contribution in [-0.4, -0.2) is 43.8 Å². The number of carbonyl (C=O) groups excluding carboxylic acids is 2. The minimum absolute atomic E-state index is 0.0618. The molecule has 2 atom stereocenters. The van der Waals surface area contributed by atoms with E-state index in [1.165, 1.54) is 0 Å². The lowest BCUT2D eigenvalue weighted by molar-refractivity contribution is -0.126. The number of hydrogen-bond acceptors (Lipinski definition) is 4. The lowest BCUT2D eigenvalue weighted by atomic mass is 10.1. The number of amides is 3. The lowest BCUT2D eigenvalue weighted by Crippen LogP contribution is -2.51. The van der Waals surface area contributed by atoms with Gasteiger partial charge in [-0.05, 0) is 37.5 Å². The molecule has 3 rings (SSSR count). The Hall–Kier alpha value is -2.12. The van der Waals surface area contributed by atoms with Crippen molar-refractivity contribution in [3.63, 3.8) is 0 Å². The van der Waals surface area contributed by atoms with Crippen LogP contribution >= 0.6 is 0 Å². The van der Waals surface area contributed by atoms with E-state index in [9.17, 15) is 9.59 Å². The van der Waals surface area contributed by atoms with E-state index >= 15 is 0 Å². The summed E-state index contributed by atoms with van der Waals surface area (Å²) >= 11 is 0. The molecule has 2 aliphatic rings. The molecule has 1 aromatic carbocycles. The fourth-order valence-corrected chi connectivity index (χ4v) is 2.57. The van der Waals surface area contributed by atoms with Crippen molar-refractivity contribution in [2.24, 2.45) is 0 Å². The molecule has 1 heterocycles. The lowest BCUT2D eigenvalue weighted by Gasteiger charge is -2.25. The van der Waals surface area contributed by atoms with Crippen molar-refractivity contribution in [1.29, 1.82) is 0 Å². The molecule has 7 heteroatoms. The van der Waals surface area contributed by atoms with Gasteiger partial charge in [0.25, 0.3) is 0 Å². The van der Waals surface area contributed by atoms with Crippen molar-refractivity contribution in [2.45, 2.75) is 37.9 Å². The second kappa shape index (κ2) is 7.63. The highest BCUT2D eigenvalue weighted by molar-refractivity contribution is 5.89. The summed E-state index contributed by atoms with van der Waals surface area (Å²) in [5.74, 6) is -0.0618. The molecule has 0 spiro atoms. The molecular formula is C17H24N4O3. The zero-order valence-electron chi connectivity index (χ0n) is 13.8. The highest BCUT2D eigenvalue weighted by Gasteiger charge is 2.24. The number of ether oxygens (including phenoxy) is 1. The molecule has 4 N–H and O–H groups in total. The third-order valence-corrected chi connectivity index (χ3v) is 4.18. The first-order chi connectivity index (χ1) is 11.6. The molecule has 3 amide bonds. The van der Waals surface area contributed by atoms with Crippen LogP contribution in [0.25, 0.3) is 0 Å². The van der Waals surface area contributed by atoms with Gasteiger partial charge in [0.05, 0.1) is 19.3 Å². The Morgan fingerprint density at radius 2 is 2.00 bits per heavy atom. The van der Waals surface area contributed by atoms with E-state index in [0.29, 0.717) is 25.8 Å². The standard InChI is InChI=1S/C17H24N4O3/c1-11(19-16(22)15-10-24-9-8-18-15)12-2-4-13(5-3-12)20-17(23)21-14-6-7-14/h2-5,11,14-15,18H,6-10H2,1H3,(H,19,22)(H2,20,21,23). The third kappa shape index (κ3) is 4.69. The van der Waals surface area contributed by atoms with Crippen molar-refractivity contribution in [3.05, 3.63) is 29.8 Å². The normalized spacial score (nSPS) is 21.6. The minimum atomic E-state index is -0.298. The molecule has 2 unspecified atom stereocenters. The molecule has 1 aliphatic heterocycles. The summed E-state index contributed by atoms with van der Waals surface area (Å²) in [4.78, 5) is 23.9. The van der Waals surface area contributed by atoms with E-state index in [2.05, 4.69) is 21.3 Å². The van der Waals surface area contributed by atoms with Gasteiger partial charge >= 0.3 is 6.03 Å². The third-order valence-electron chi connectivity index (χ3n) is 4.18. The van der Waals surface area contributed by atoms with E-state index in [0.717, 1.165) is 24.1 Å². The number of rotatable bonds is 5. The number of benzene rings is 1. The maximum atomic E-state index is 12.2. The summed E-state index contributed by atoms with van der Waals surface area (Å²) in [7, 11) is 0. The van der Waals surface area contributed by atoms with Gasteiger partial charge in [0.15, 0.2) is 0 Å². The van der Waals surface area contributed by atoms with E-state index in [-0.39, 0.29) is 24.0 Å². The van der Waals surface area contributed by atoms with Gasteiger partial charge in [-0.25, -0.2) is 4.79 Å². The first-order valence-corrected chi connectivity index (χ1v) is 8.41. The zero-order valence-corrected chi connectivity index (χ0v) is 13.8. The van der Waals surface area contributed by atoms with Gasteiger partial charge in [-0.2, -0.15) is 0 Å². The average molecular weight is 332 g/mol. The molecule has 1 aliphatic carbocycles. The summed E-state index contributed by atoms with van der Waals surface area (Å²) < 4.78 is 5.31. The van der Waals surface area contributed by atoms with Crippen molar-refractivity contribution in [2.75, 3.05) is 25.1 Å². The topological polar surface area (TPSA) is 91.5 Å². The molecule has 1 saturated heterocycles. The summed E-state index contributed by atoms with van der Waals surface area (Å²) in [5.41, 5.74) is 1.71. The average Bonchev–Trinajstić information content (AvgIpc) is 3.40. The molecule has 0 radical (unpaired) electrons. The maximum Gasteiger partial charge on any atom is 0.319 e. The van der Waals surface area contributed by atoms with Crippen LogP contribution in [0.15, 0.2) is 24.3 Å². The van der Waals surface area contributed by atoms with Gasteiger partial charge in [-0.3, -0.25) is 4.79 Å². The second-order valence-corrected chi connectivity index (χ2v) is 6.31. The van der Waals surface area contributed by atoms with Gasteiger partial charge in [0.2, 0.25) is 5.91 Å². The van der Waals surface area contributed by atoms with E-state index in [1.54, 1.807) is 0 Å². The van der Waals surface area contributed by atoms with E-state index in [4.69, 9.17) is 4.74 Å².